The van der Waals surface area contributed by atoms with Gasteiger partial charge in [0, 0.05) is 11.3 Å². The quantitative estimate of drug-likeness (QED) is 0.385. The second-order valence-electron chi connectivity index (χ2n) is 7.41. The van der Waals surface area contributed by atoms with Crippen LogP contribution in [-0.4, -0.2) is 22.8 Å². The van der Waals surface area contributed by atoms with Gasteiger partial charge in [-0.05, 0) is 43.7 Å². The van der Waals surface area contributed by atoms with Crippen molar-refractivity contribution in [1.82, 2.24) is 10.1 Å². The Balaban J connectivity index is 1.39. The van der Waals surface area contributed by atoms with Crippen LogP contribution in [0.4, 0.5) is 9.52 Å². The van der Waals surface area contributed by atoms with Crippen LogP contribution in [-0.2, 0) is 6.42 Å². The molecule has 0 spiro atoms. The molecule has 1 amide bonds. The number of rotatable bonds is 5. The molecule has 2 aromatic heterocycles. The highest BCUT2D eigenvalue weighted by atomic mass is 35.5. The Bertz CT molecular complexity index is 1360. The van der Waals surface area contributed by atoms with E-state index in [-0.39, 0.29) is 34.4 Å². The van der Waals surface area contributed by atoms with Crippen molar-refractivity contribution < 1.29 is 23.2 Å². The summed E-state index contributed by atoms with van der Waals surface area (Å²) in [5, 5.41) is 7.21. The smallest absolute Gasteiger partial charge is 0.263 e. The SMILES string of the molecule is Cc1nc(NC(=O)c2c(-c3c(F)cccc3Cl)noc2C)sc1Cc1ccc2c(c1)OCO2. The lowest BCUT2D eigenvalue weighted by molar-refractivity contribution is 0.102. The number of fused-ring (bicyclic) bond motifs is 1. The van der Waals surface area contributed by atoms with Crippen LogP contribution in [0.15, 0.2) is 40.9 Å². The van der Waals surface area contributed by atoms with E-state index < -0.39 is 11.7 Å². The zero-order valence-corrected chi connectivity index (χ0v) is 19.1. The monoisotopic (exact) mass is 485 g/mol. The Labute approximate surface area is 197 Å². The zero-order valence-electron chi connectivity index (χ0n) is 17.6. The first-order chi connectivity index (χ1) is 15.9. The van der Waals surface area contributed by atoms with Crippen molar-refractivity contribution in [3.63, 3.8) is 0 Å². The summed E-state index contributed by atoms with van der Waals surface area (Å²) in [5.41, 5.74) is 2.00. The van der Waals surface area contributed by atoms with Gasteiger partial charge in [0.05, 0.1) is 16.3 Å². The number of aryl methyl sites for hydroxylation is 2. The van der Waals surface area contributed by atoms with Gasteiger partial charge in [-0.25, -0.2) is 9.37 Å². The van der Waals surface area contributed by atoms with E-state index in [0.717, 1.165) is 21.9 Å². The molecule has 1 aliphatic heterocycles. The van der Waals surface area contributed by atoms with Gasteiger partial charge in [-0.1, -0.05) is 28.9 Å². The highest BCUT2D eigenvalue weighted by Crippen LogP contribution is 2.36. The van der Waals surface area contributed by atoms with E-state index >= 15 is 0 Å². The number of thiazole rings is 1. The molecule has 0 fully saturated rings. The molecule has 1 N–H and O–H groups in total. The molecular formula is C23H17ClFN3O4S. The Morgan fingerprint density at radius 2 is 2.03 bits per heavy atom. The number of anilines is 1. The average Bonchev–Trinajstić information content (AvgIpc) is 3.47. The number of ether oxygens (including phenoxy) is 2. The average molecular weight is 486 g/mol. The van der Waals surface area contributed by atoms with Crippen LogP contribution in [0, 0.1) is 19.7 Å². The summed E-state index contributed by atoms with van der Waals surface area (Å²) in [5.74, 6) is 0.580. The fraction of sp³-hybridized carbons (Fsp3) is 0.174. The summed E-state index contributed by atoms with van der Waals surface area (Å²) in [4.78, 5) is 18.5. The van der Waals surface area contributed by atoms with Crippen LogP contribution in [0.1, 0.15) is 32.3 Å². The molecule has 10 heteroatoms. The summed E-state index contributed by atoms with van der Waals surface area (Å²) in [7, 11) is 0. The van der Waals surface area contributed by atoms with E-state index in [1.807, 2.05) is 25.1 Å². The lowest BCUT2D eigenvalue weighted by atomic mass is 10.1. The molecule has 0 atom stereocenters. The first kappa shape index (κ1) is 21.4. The predicted molar refractivity (Wildman–Crippen MR) is 122 cm³/mol. The summed E-state index contributed by atoms with van der Waals surface area (Å²) >= 11 is 7.53. The maximum absolute atomic E-state index is 14.4. The molecule has 3 heterocycles. The van der Waals surface area contributed by atoms with Crippen molar-refractivity contribution >= 4 is 34.0 Å². The van der Waals surface area contributed by atoms with Gasteiger partial charge < -0.3 is 14.0 Å². The minimum absolute atomic E-state index is 0.0139. The first-order valence-electron chi connectivity index (χ1n) is 9.97. The molecule has 0 radical (unpaired) electrons. The van der Waals surface area contributed by atoms with E-state index in [0.29, 0.717) is 17.3 Å². The van der Waals surface area contributed by atoms with Gasteiger partial charge in [-0.2, -0.15) is 0 Å². The molecule has 0 saturated heterocycles. The number of amides is 1. The third-order valence-electron chi connectivity index (χ3n) is 5.20. The predicted octanol–water partition coefficient (Wildman–Crippen LogP) is 5.78. The third-order valence-corrected chi connectivity index (χ3v) is 6.59. The maximum Gasteiger partial charge on any atom is 0.263 e. The first-order valence-corrected chi connectivity index (χ1v) is 11.2. The number of hydrogen-bond donors (Lipinski definition) is 1. The van der Waals surface area contributed by atoms with Crippen LogP contribution in [0.25, 0.3) is 11.3 Å². The zero-order chi connectivity index (χ0) is 23.1. The second kappa shape index (κ2) is 8.49. The van der Waals surface area contributed by atoms with Crippen molar-refractivity contribution in [2.24, 2.45) is 0 Å². The Hall–Kier alpha value is -3.43. The van der Waals surface area contributed by atoms with Gasteiger partial charge in [0.15, 0.2) is 16.6 Å². The minimum Gasteiger partial charge on any atom is -0.454 e. The van der Waals surface area contributed by atoms with Crippen molar-refractivity contribution in [2.45, 2.75) is 20.3 Å². The van der Waals surface area contributed by atoms with Crippen LogP contribution in [0.3, 0.4) is 0 Å². The number of nitrogens with one attached hydrogen (secondary N) is 1. The van der Waals surface area contributed by atoms with Crippen molar-refractivity contribution in [2.75, 3.05) is 12.1 Å². The van der Waals surface area contributed by atoms with Gasteiger partial charge in [-0.3, -0.25) is 10.1 Å². The molecular weight excluding hydrogens is 469 g/mol. The third kappa shape index (κ3) is 4.05. The molecule has 4 aromatic rings. The maximum atomic E-state index is 14.4. The summed E-state index contributed by atoms with van der Waals surface area (Å²) in [6.45, 7) is 3.68. The molecule has 33 heavy (non-hydrogen) atoms. The molecule has 0 saturated carbocycles. The van der Waals surface area contributed by atoms with Crippen molar-refractivity contribution in [1.29, 1.82) is 0 Å². The fourth-order valence-electron chi connectivity index (χ4n) is 3.58. The molecule has 0 unspecified atom stereocenters. The topological polar surface area (TPSA) is 86.5 Å². The highest BCUT2D eigenvalue weighted by molar-refractivity contribution is 7.15. The molecule has 1 aliphatic rings. The number of hydrogen-bond acceptors (Lipinski definition) is 7. The Kier molecular flexibility index (Phi) is 5.51. The largest absolute Gasteiger partial charge is 0.454 e. The Morgan fingerprint density at radius 1 is 1.21 bits per heavy atom. The van der Waals surface area contributed by atoms with Gasteiger partial charge in [0.2, 0.25) is 6.79 Å². The highest BCUT2D eigenvalue weighted by Gasteiger charge is 2.26. The minimum atomic E-state index is -0.596. The van der Waals surface area contributed by atoms with Gasteiger partial charge in [0.25, 0.3) is 5.91 Å². The summed E-state index contributed by atoms with van der Waals surface area (Å²) in [6, 6.07) is 10.0. The standard InChI is InChI=1S/C23H17ClFN3O4S/c1-11-18(9-13-6-7-16-17(8-13)31-10-30-16)33-23(26-11)27-22(29)19-12(2)32-28-21(19)20-14(24)4-3-5-15(20)25/h3-8H,9-10H2,1-2H3,(H,26,27,29). The number of carbonyl (C=O) groups is 1. The van der Waals surface area contributed by atoms with E-state index in [1.54, 1.807) is 6.92 Å². The normalized spacial score (nSPS) is 12.2. The van der Waals surface area contributed by atoms with Crippen LogP contribution >= 0.6 is 22.9 Å². The number of nitrogens with zero attached hydrogens (tertiary/aromatic N) is 2. The van der Waals surface area contributed by atoms with Crippen molar-refractivity contribution in [3.05, 3.63) is 74.7 Å². The molecule has 2 aromatic carbocycles. The molecule has 7 nitrogen and oxygen atoms in total. The van der Waals surface area contributed by atoms with Gasteiger partial charge in [0.1, 0.15) is 22.8 Å². The van der Waals surface area contributed by atoms with Gasteiger partial charge in [-0.15, -0.1) is 11.3 Å². The van der Waals surface area contributed by atoms with Crippen LogP contribution < -0.4 is 14.8 Å². The van der Waals surface area contributed by atoms with E-state index in [1.165, 1.54) is 29.5 Å². The number of carbonyl (C=O) groups excluding carboxylic acids is 1. The number of benzene rings is 2. The van der Waals surface area contributed by atoms with Crippen molar-refractivity contribution in [3.8, 4) is 22.8 Å². The van der Waals surface area contributed by atoms with Crippen LogP contribution in [0.5, 0.6) is 11.5 Å². The van der Waals surface area contributed by atoms with E-state index in [2.05, 4.69) is 15.5 Å². The second-order valence-corrected chi connectivity index (χ2v) is 8.90. The lowest BCUT2D eigenvalue weighted by Crippen LogP contribution is -2.13. The fourth-order valence-corrected chi connectivity index (χ4v) is 4.82. The molecule has 0 aliphatic carbocycles. The van der Waals surface area contributed by atoms with Gasteiger partial charge >= 0.3 is 0 Å². The molecule has 5 rings (SSSR count). The Morgan fingerprint density at radius 3 is 2.85 bits per heavy atom. The molecule has 168 valence electrons. The summed E-state index contributed by atoms with van der Waals surface area (Å²) in [6.07, 6.45) is 0.623. The molecule has 0 bridgehead atoms. The number of halogens is 2. The van der Waals surface area contributed by atoms with Crippen LogP contribution in [0.2, 0.25) is 5.02 Å². The number of aromatic nitrogens is 2. The lowest BCUT2D eigenvalue weighted by Gasteiger charge is -2.05. The van der Waals surface area contributed by atoms with E-state index in [4.69, 9.17) is 25.6 Å². The van der Waals surface area contributed by atoms with E-state index in [9.17, 15) is 9.18 Å². The summed E-state index contributed by atoms with van der Waals surface area (Å²) < 4.78 is 30.4.